The number of carboxylic acids is 2. The number of halogens is 1. The number of pyridine rings is 2. The van der Waals surface area contributed by atoms with Gasteiger partial charge in [-0.3, -0.25) is 29.1 Å². The maximum atomic E-state index is 11.9. The number of nitrogens with one attached hydrogen (secondary N) is 2. The third kappa shape index (κ3) is 27.4. The second kappa shape index (κ2) is 29.5. The van der Waals surface area contributed by atoms with Gasteiger partial charge in [0.15, 0.2) is 0 Å². The Bertz CT molecular complexity index is 2190. The summed E-state index contributed by atoms with van der Waals surface area (Å²) in [7, 11) is -0.351. The summed E-state index contributed by atoms with van der Waals surface area (Å²) in [6, 6.07) is 25.1. The molecule has 4 amide bonds. The topological polar surface area (TPSA) is 282 Å². The molecule has 1 aliphatic rings. The van der Waals surface area contributed by atoms with Crippen molar-refractivity contribution in [2.45, 2.75) is 130 Å². The van der Waals surface area contributed by atoms with E-state index in [4.69, 9.17) is 50.1 Å². The van der Waals surface area contributed by atoms with Crippen LogP contribution in [0.1, 0.15) is 94.2 Å². The molecule has 18 nitrogen and oxygen atoms in total. The van der Waals surface area contributed by atoms with Gasteiger partial charge in [0.05, 0.1) is 22.5 Å². The van der Waals surface area contributed by atoms with E-state index >= 15 is 0 Å². The molecule has 0 bridgehead atoms. The van der Waals surface area contributed by atoms with Crippen LogP contribution in [0.3, 0.4) is 0 Å². The fourth-order valence-electron chi connectivity index (χ4n) is 5.26. The molecule has 0 spiro atoms. The molecule has 1 aliphatic heterocycles. The van der Waals surface area contributed by atoms with Crippen molar-refractivity contribution in [3.8, 4) is 11.3 Å². The van der Waals surface area contributed by atoms with Gasteiger partial charge < -0.3 is 51.1 Å². The van der Waals surface area contributed by atoms with Crippen LogP contribution in [0.5, 0.6) is 0 Å². The molecular weight excluding hydrogens is 1100 g/mol. The molecule has 0 saturated carbocycles. The number of amides is 4. The third-order valence-electron chi connectivity index (χ3n) is 8.96. The zero-order valence-corrected chi connectivity index (χ0v) is 44.8. The number of alkyl carbamates (subject to hydrolysis) is 2. The number of nitrogens with two attached hydrogens (primary N) is 2. The van der Waals surface area contributed by atoms with Crippen molar-refractivity contribution in [3.63, 3.8) is 0 Å². The average molecular weight is 1160 g/mol. The molecule has 2 aromatic carbocycles. The Hall–Kier alpha value is -5.46. The van der Waals surface area contributed by atoms with Gasteiger partial charge in [-0.05, 0) is 139 Å². The molecule has 3 heterocycles. The zero-order valence-electron chi connectivity index (χ0n) is 41.1. The molecule has 0 aliphatic carbocycles. The third-order valence-corrected chi connectivity index (χ3v) is 9.68. The molecule has 1 saturated heterocycles. The first kappa shape index (κ1) is 63.5. The molecule has 0 radical (unpaired) electrons. The van der Waals surface area contributed by atoms with E-state index in [2.05, 4.69) is 43.2 Å². The van der Waals surface area contributed by atoms with Gasteiger partial charge in [-0.15, -0.1) is 0 Å². The minimum absolute atomic E-state index is 0. The van der Waals surface area contributed by atoms with E-state index in [1.165, 1.54) is 0 Å². The number of benzene rings is 2. The molecule has 380 valence electrons. The summed E-state index contributed by atoms with van der Waals surface area (Å²) in [4.78, 5) is 73.1. The number of carbonyl (C=O) groups excluding carboxylic acids is 4. The van der Waals surface area contributed by atoms with Gasteiger partial charge in [-0.1, -0.05) is 48.5 Å². The Morgan fingerprint density at radius 3 is 1.33 bits per heavy atom. The monoisotopic (exact) mass is 1160 g/mol. The Morgan fingerprint density at radius 2 is 1.01 bits per heavy atom. The smallest absolute Gasteiger partial charge is 0.481 e. The van der Waals surface area contributed by atoms with E-state index in [9.17, 15) is 19.2 Å². The number of hydrogen-bond acceptors (Lipinski definition) is 12. The van der Waals surface area contributed by atoms with Crippen molar-refractivity contribution in [1.29, 1.82) is 0 Å². The minimum Gasteiger partial charge on any atom is -0.481 e. The predicted molar refractivity (Wildman–Crippen MR) is 268 cm³/mol. The zero-order chi connectivity index (χ0) is 52.0. The number of ether oxygens (including phenoxy) is 2. The van der Waals surface area contributed by atoms with E-state index in [0.29, 0.717) is 6.42 Å². The number of rotatable bonds is 10. The van der Waals surface area contributed by atoms with Gasteiger partial charge in [0, 0.05) is 68.6 Å². The predicted octanol–water partition coefficient (Wildman–Crippen LogP) is 6.44. The first-order valence-corrected chi connectivity index (χ1v) is 22.4. The van der Waals surface area contributed by atoms with E-state index < -0.39 is 59.2 Å². The van der Waals surface area contributed by atoms with Crippen molar-refractivity contribution >= 4 is 71.2 Å². The van der Waals surface area contributed by atoms with Gasteiger partial charge >= 0.3 is 19.3 Å². The van der Waals surface area contributed by atoms with Crippen LogP contribution in [0.4, 0.5) is 9.59 Å². The number of aromatic nitrogens is 2. The van der Waals surface area contributed by atoms with Crippen molar-refractivity contribution < 1.29 is 78.2 Å². The Kier molecular flexibility index (Phi) is 27.2. The Balaban J connectivity index is 0.000000944. The summed E-state index contributed by atoms with van der Waals surface area (Å²) in [5.74, 6) is -2.87. The maximum absolute atomic E-state index is 11.9. The summed E-state index contributed by atoms with van der Waals surface area (Å²) in [5, 5.41) is 19.9. The van der Waals surface area contributed by atoms with Crippen LogP contribution < -0.4 is 27.7 Å². The maximum Gasteiger partial charge on any atom is 0.514 e. The van der Waals surface area contributed by atoms with Crippen molar-refractivity contribution in [2.75, 3.05) is 0 Å². The van der Waals surface area contributed by atoms with Crippen LogP contribution in [0, 0.1) is 3.57 Å². The van der Waals surface area contributed by atoms with Crippen LogP contribution >= 0.6 is 22.6 Å². The molecule has 69 heavy (non-hydrogen) atoms. The van der Waals surface area contributed by atoms with Crippen LogP contribution in [0.25, 0.3) is 11.3 Å². The van der Waals surface area contributed by atoms with Crippen LogP contribution in [0.2, 0.25) is 0 Å². The SMILES string of the molecule is CC(=O)O.CC(=O)O.CC(C)(C)OC(=O)N[C@H](Cc1ccc(-c2ccccn2)cc1)C(N)=O.CC(C)(C)OC(=O)N[C@H](Cc1ccc(I)cc1)C(N)=O.CC1(C)OB(c2ccccn2)OC1(C)C.[Pd]. The first-order chi connectivity index (χ1) is 31.3. The fourth-order valence-corrected chi connectivity index (χ4v) is 5.62. The number of hydrogen-bond donors (Lipinski definition) is 6. The normalized spacial score (nSPS) is 13.8. The van der Waals surface area contributed by atoms with Crippen LogP contribution in [0.15, 0.2) is 97.3 Å². The standard InChI is InChI=1S/C19H23N3O3.C14H19IN2O3.C11H16BNO2.2C2H4O2.Pd/c1-19(2,3)25-18(24)22-16(17(20)23)12-13-7-9-14(10-8-13)15-6-4-5-11-21-15;1-14(2,3)20-13(19)17-11(12(16)18)8-9-4-6-10(15)7-5-9;1-10(2)11(3,4)15-12(14-10)9-7-5-6-8-13-9;2*1-2(3)4;/h4-11,16H,12H2,1-3H3,(H2,20,23)(H,22,24);4-7,11H,8H2,1-3H3,(H2,16,18)(H,17,19);5-8H,1-4H3;2*1H3,(H,3,4);/t16-;11-;;;;/m11..../s1. The van der Waals surface area contributed by atoms with Gasteiger partial charge in [0.25, 0.3) is 11.9 Å². The molecule has 2 atom stereocenters. The summed E-state index contributed by atoms with van der Waals surface area (Å²) >= 11 is 2.20. The van der Waals surface area contributed by atoms with E-state index in [1.807, 2.05) is 113 Å². The van der Waals surface area contributed by atoms with Gasteiger partial charge in [0.1, 0.15) is 23.3 Å². The summed E-state index contributed by atoms with van der Waals surface area (Å²) in [6.07, 6.45) is 2.80. The summed E-state index contributed by atoms with van der Waals surface area (Å²) in [5.41, 5.74) is 13.3. The summed E-state index contributed by atoms with van der Waals surface area (Å²) < 4.78 is 23.1. The molecule has 4 aromatic rings. The van der Waals surface area contributed by atoms with Gasteiger partial charge in [0.2, 0.25) is 11.8 Å². The van der Waals surface area contributed by atoms with Crippen molar-refractivity contribution in [2.24, 2.45) is 11.5 Å². The minimum atomic E-state index is -0.837. The molecule has 5 rings (SSSR count). The second-order valence-electron chi connectivity index (χ2n) is 18.0. The largest absolute Gasteiger partial charge is 0.514 e. The summed E-state index contributed by atoms with van der Waals surface area (Å²) in [6.45, 7) is 20.8. The number of primary amides is 2. The molecular formula is C48H66BIN6O12Pd. The number of carboxylic acid groups (broad SMARTS) is 2. The Labute approximate surface area is 432 Å². The Morgan fingerprint density at radius 1 is 0.652 bits per heavy atom. The van der Waals surface area contributed by atoms with Gasteiger partial charge in [-0.25, -0.2) is 9.59 Å². The average Bonchev–Trinajstić information content (AvgIpc) is 3.43. The molecule has 1 fully saturated rings. The van der Waals surface area contributed by atoms with E-state index in [-0.39, 0.29) is 45.2 Å². The molecule has 2 aromatic heterocycles. The molecule has 0 unspecified atom stereocenters. The van der Waals surface area contributed by atoms with Crippen LogP contribution in [-0.4, -0.2) is 97.7 Å². The molecule has 8 N–H and O–H groups in total. The molecule has 21 heteroatoms. The van der Waals surface area contributed by atoms with Crippen molar-refractivity contribution in [1.82, 2.24) is 20.6 Å². The number of nitrogens with zero attached hydrogens (tertiary/aromatic N) is 2. The number of aliphatic carboxylic acids is 2. The van der Waals surface area contributed by atoms with E-state index in [1.54, 1.807) is 53.9 Å². The first-order valence-electron chi connectivity index (χ1n) is 21.3. The van der Waals surface area contributed by atoms with Crippen molar-refractivity contribution in [3.05, 3.63) is 112 Å². The van der Waals surface area contributed by atoms with Crippen LogP contribution in [-0.2, 0) is 71.2 Å². The van der Waals surface area contributed by atoms with E-state index in [0.717, 1.165) is 45.4 Å². The fraction of sp³-hybridized carbons (Fsp3) is 0.417. The quantitative estimate of drug-likeness (QED) is 0.0736. The number of carbonyl (C=O) groups is 6. The second-order valence-corrected chi connectivity index (χ2v) is 19.3. The van der Waals surface area contributed by atoms with Gasteiger partial charge in [-0.2, -0.15) is 0 Å².